The zero-order valence-electron chi connectivity index (χ0n) is 7.63. The molecule has 0 atom stereocenters. The Hall–Kier alpha value is -1.25. The molecule has 0 fully saturated rings. The second-order valence-corrected chi connectivity index (χ2v) is 2.89. The van der Waals surface area contributed by atoms with Crippen LogP contribution in [0, 0.1) is 6.92 Å². The molecule has 3 heteroatoms. The van der Waals surface area contributed by atoms with Gasteiger partial charge in [-0.2, -0.15) is 0 Å². The summed E-state index contributed by atoms with van der Waals surface area (Å²) >= 11 is 0. The molecule has 0 unspecified atom stereocenters. The van der Waals surface area contributed by atoms with Crippen molar-refractivity contribution in [3.8, 4) is 0 Å². The predicted molar refractivity (Wildman–Crippen MR) is 45.6 cm³/mol. The van der Waals surface area contributed by atoms with Crippen LogP contribution in [0.3, 0.4) is 0 Å². The molecule has 0 bridgehead atoms. The van der Waals surface area contributed by atoms with Gasteiger partial charge in [0.25, 0.3) is 0 Å². The lowest BCUT2D eigenvalue weighted by atomic mass is 10.4. The zero-order valence-corrected chi connectivity index (χ0v) is 7.63. The average Bonchev–Trinajstić information content (AvgIpc) is 2.35. The maximum Gasteiger partial charge on any atom is 0.219 e. The van der Waals surface area contributed by atoms with Crippen LogP contribution in [0.15, 0.2) is 16.5 Å². The van der Waals surface area contributed by atoms with Crippen molar-refractivity contribution in [3.05, 3.63) is 23.7 Å². The van der Waals surface area contributed by atoms with Crippen LogP contribution in [-0.4, -0.2) is 17.9 Å². The highest BCUT2D eigenvalue weighted by Gasteiger charge is 2.05. The van der Waals surface area contributed by atoms with E-state index in [2.05, 4.69) is 0 Å². The summed E-state index contributed by atoms with van der Waals surface area (Å²) in [6.07, 6.45) is 0. The largest absolute Gasteiger partial charge is 0.464 e. The molecule has 0 spiro atoms. The molecule has 0 saturated carbocycles. The van der Waals surface area contributed by atoms with Gasteiger partial charge >= 0.3 is 0 Å². The second kappa shape index (κ2) is 3.43. The van der Waals surface area contributed by atoms with E-state index in [4.69, 9.17) is 4.42 Å². The molecule has 66 valence electrons. The van der Waals surface area contributed by atoms with Gasteiger partial charge in [-0.25, -0.2) is 0 Å². The molecular weight excluding hydrogens is 154 g/mol. The number of amides is 1. The fourth-order valence-corrected chi connectivity index (χ4v) is 0.915. The third-order valence-electron chi connectivity index (χ3n) is 1.73. The highest BCUT2D eigenvalue weighted by Crippen LogP contribution is 2.08. The Bertz CT molecular complexity index is 278. The monoisotopic (exact) mass is 167 g/mol. The minimum atomic E-state index is 0.0454. The van der Waals surface area contributed by atoms with Crippen LogP contribution in [0.4, 0.5) is 0 Å². The molecule has 0 aliphatic carbocycles. The number of hydrogen-bond acceptors (Lipinski definition) is 2. The number of carbonyl (C=O) groups excluding carboxylic acids is 1. The molecule has 1 aromatic heterocycles. The molecule has 0 radical (unpaired) electrons. The summed E-state index contributed by atoms with van der Waals surface area (Å²) < 4.78 is 5.31. The highest BCUT2D eigenvalue weighted by atomic mass is 16.3. The average molecular weight is 167 g/mol. The fourth-order valence-electron chi connectivity index (χ4n) is 0.915. The van der Waals surface area contributed by atoms with E-state index < -0.39 is 0 Å². The Balaban J connectivity index is 2.58. The summed E-state index contributed by atoms with van der Waals surface area (Å²) in [4.78, 5) is 12.4. The van der Waals surface area contributed by atoms with Crippen LogP contribution in [0.2, 0.25) is 0 Å². The first-order chi connectivity index (χ1) is 5.59. The van der Waals surface area contributed by atoms with Crippen molar-refractivity contribution in [2.45, 2.75) is 20.4 Å². The van der Waals surface area contributed by atoms with Gasteiger partial charge in [0.1, 0.15) is 11.5 Å². The lowest BCUT2D eigenvalue weighted by Gasteiger charge is -2.11. The fraction of sp³-hybridized carbons (Fsp3) is 0.444. The third kappa shape index (κ3) is 2.12. The van der Waals surface area contributed by atoms with Crippen molar-refractivity contribution in [3.63, 3.8) is 0 Å². The van der Waals surface area contributed by atoms with E-state index in [1.165, 1.54) is 6.92 Å². The highest BCUT2D eigenvalue weighted by molar-refractivity contribution is 5.72. The number of carbonyl (C=O) groups is 1. The molecule has 0 N–H and O–H groups in total. The molecule has 1 aromatic rings. The van der Waals surface area contributed by atoms with Crippen LogP contribution in [-0.2, 0) is 11.3 Å². The molecule has 0 saturated heterocycles. The Labute approximate surface area is 72.0 Å². The van der Waals surface area contributed by atoms with Crippen LogP contribution in [0.25, 0.3) is 0 Å². The van der Waals surface area contributed by atoms with E-state index in [1.807, 2.05) is 19.1 Å². The number of aryl methyl sites for hydroxylation is 1. The first-order valence-electron chi connectivity index (χ1n) is 3.86. The number of nitrogens with zero attached hydrogens (tertiary/aromatic N) is 1. The van der Waals surface area contributed by atoms with E-state index in [9.17, 15) is 4.79 Å². The van der Waals surface area contributed by atoms with Gasteiger partial charge in [-0.3, -0.25) is 4.79 Å². The third-order valence-corrected chi connectivity index (χ3v) is 1.73. The SMILES string of the molecule is CC(=O)N(C)Cc1ccc(C)o1. The summed E-state index contributed by atoms with van der Waals surface area (Å²) in [7, 11) is 1.75. The molecular formula is C9H13NO2. The topological polar surface area (TPSA) is 33.5 Å². The Kier molecular flexibility index (Phi) is 2.53. The van der Waals surface area contributed by atoms with Gasteiger partial charge in [0.2, 0.25) is 5.91 Å². The molecule has 1 amide bonds. The van der Waals surface area contributed by atoms with Gasteiger partial charge in [-0.05, 0) is 19.1 Å². The quantitative estimate of drug-likeness (QED) is 0.669. The zero-order chi connectivity index (χ0) is 9.14. The Morgan fingerprint density at radius 2 is 2.25 bits per heavy atom. The van der Waals surface area contributed by atoms with E-state index in [-0.39, 0.29) is 5.91 Å². The molecule has 1 heterocycles. The Morgan fingerprint density at radius 3 is 2.67 bits per heavy atom. The van der Waals surface area contributed by atoms with Crippen LogP contribution in [0.5, 0.6) is 0 Å². The van der Waals surface area contributed by atoms with E-state index in [0.717, 1.165) is 11.5 Å². The smallest absolute Gasteiger partial charge is 0.219 e. The summed E-state index contributed by atoms with van der Waals surface area (Å²) in [6, 6.07) is 3.78. The maximum atomic E-state index is 10.8. The summed E-state index contributed by atoms with van der Waals surface area (Å²) in [5.41, 5.74) is 0. The summed E-state index contributed by atoms with van der Waals surface area (Å²) in [5, 5.41) is 0. The van der Waals surface area contributed by atoms with Crippen molar-refractivity contribution in [2.75, 3.05) is 7.05 Å². The minimum Gasteiger partial charge on any atom is -0.464 e. The number of furan rings is 1. The van der Waals surface area contributed by atoms with Crippen molar-refractivity contribution >= 4 is 5.91 Å². The van der Waals surface area contributed by atoms with Gasteiger partial charge in [-0.15, -0.1) is 0 Å². The normalized spacial score (nSPS) is 9.92. The molecule has 0 aliphatic heterocycles. The number of rotatable bonds is 2. The molecule has 1 rings (SSSR count). The summed E-state index contributed by atoms with van der Waals surface area (Å²) in [6.45, 7) is 3.97. The van der Waals surface area contributed by atoms with Gasteiger partial charge in [-0.1, -0.05) is 0 Å². The van der Waals surface area contributed by atoms with Gasteiger partial charge in [0.05, 0.1) is 6.54 Å². The van der Waals surface area contributed by atoms with E-state index in [0.29, 0.717) is 6.54 Å². The van der Waals surface area contributed by atoms with E-state index in [1.54, 1.807) is 11.9 Å². The molecule has 0 aliphatic rings. The predicted octanol–water partition coefficient (Wildman–Crippen LogP) is 1.57. The Morgan fingerprint density at radius 1 is 1.58 bits per heavy atom. The van der Waals surface area contributed by atoms with Crippen LogP contribution < -0.4 is 0 Å². The second-order valence-electron chi connectivity index (χ2n) is 2.89. The lowest BCUT2D eigenvalue weighted by molar-refractivity contribution is -0.128. The molecule has 0 aromatic carbocycles. The lowest BCUT2D eigenvalue weighted by Crippen LogP contribution is -2.22. The van der Waals surface area contributed by atoms with E-state index >= 15 is 0 Å². The van der Waals surface area contributed by atoms with Crippen molar-refractivity contribution in [2.24, 2.45) is 0 Å². The first-order valence-corrected chi connectivity index (χ1v) is 3.86. The van der Waals surface area contributed by atoms with Crippen LogP contribution >= 0.6 is 0 Å². The van der Waals surface area contributed by atoms with Gasteiger partial charge in [0, 0.05) is 14.0 Å². The van der Waals surface area contributed by atoms with Gasteiger partial charge in [0.15, 0.2) is 0 Å². The van der Waals surface area contributed by atoms with Crippen molar-refractivity contribution in [1.29, 1.82) is 0 Å². The standard InChI is InChI=1S/C9H13NO2/c1-7-4-5-9(12-7)6-10(3)8(2)11/h4-5H,6H2,1-3H3. The first kappa shape index (κ1) is 8.84. The minimum absolute atomic E-state index is 0.0454. The van der Waals surface area contributed by atoms with Gasteiger partial charge < -0.3 is 9.32 Å². The molecule has 12 heavy (non-hydrogen) atoms. The van der Waals surface area contributed by atoms with Crippen molar-refractivity contribution in [1.82, 2.24) is 4.90 Å². The number of hydrogen-bond donors (Lipinski definition) is 0. The summed E-state index contributed by atoms with van der Waals surface area (Å²) in [5.74, 6) is 1.75. The molecule has 3 nitrogen and oxygen atoms in total. The van der Waals surface area contributed by atoms with Crippen LogP contribution in [0.1, 0.15) is 18.4 Å². The maximum absolute atomic E-state index is 10.8. The van der Waals surface area contributed by atoms with Crippen molar-refractivity contribution < 1.29 is 9.21 Å².